The lowest BCUT2D eigenvalue weighted by atomic mass is 9.97. The van der Waals surface area contributed by atoms with Gasteiger partial charge in [-0.1, -0.05) is 6.92 Å². The second kappa shape index (κ2) is 8.04. The van der Waals surface area contributed by atoms with E-state index in [0.29, 0.717) is 19.4 Å². The maximum Gasteiger partial charge on any atom is 0.326 e. The van der Waals surface area contributed by atoms with Gasteiger partial charge in [0.15, 0.2) is 0 Å². The second-order valence-electron chi connectivity index (χ2n) is 6.27. The maximum atomic E-state index is 11.9. The van der Waals surface area contributed by atoms with Gasteiger partial charge in [-0.15, -0.1) is 0 Å². The number of carbonyl (C=O) groups excluding carboxylic acids is 2. The number of hydrogen-bond acceptors (Lipinski definition) is 6. The lowest BCUT2D eigenvalue weighted by Crippen LogP contribution is -2.47. The fourth-order valence-corrected chi connectivity index (χ4v) is 3.21. The first-order valence-electron chi connectivity index (χ1n) is 8.47. The van der Waals surface area contributed by atoms with Crippen molar-refractivity contribution in [1.29, 1.82) is 0 Å². The van der Waals surface area contributed by atoms with Crippen molar-refractivity contribution in [2.45, 2.75) is 57.5 Å². The summed E-state index contributed by atoms with van der Waals surface area (Å²) >= 11 is 0. The van der Waals surface area contributed by atoms with Crippen LogP contribution >= 0.6 is 0 Å². The number of hydrogen-bond donors (Lipinski definition) is 2. The number of nitrogens with one attached hydrogen (secondary N) is 1. The topological polar surface area (TPSA) is 121 Å². The molecular formula is C17H22N2O6. The number of carbonyl (C=O) groups is 3. The molecule has 1 aromatic carbocycles. The molecule has 1 aliphatic heterocycles. The fraction of sp³-hybridized carbons (Fsp3) is 0.588. The minimum absolute atomic E-state index is 0.0161. The van der Waals surface area contributed by atoms with Crippen LogP contribution in [-0.2, 0) is 20.8 Å². The quantitative estimate of drug-likeness (QED) is 0.465. The molecule has 0 unspecified atom stereocenters. The van der Waals surface area contributed by atoms with Gasteiger partial charge in [-0.3, -0.25) is 14.4 Å². The zero-order valence-corrected chi connectivity index (χ0v) is 14.1. The van der Waals surface area contributed by atoms with Gasteiger partial charge in [0.1, 0.15) is 12.3 Å². The summed E-state index contributed by atoms with van der Waals surface area (Å²) in [6.07, 6.45) is 3.07. The Hall–Kier alpha value is -2.51. The summed E-state index contributed by atoms with van der Waals surface area (Å²) in [5, 5.41) is 11.7. The normalized spacial score (nSPS) is 18.3. The molecule has 0 saturated carbocycles. The Morgan fingerprint density at radius 1 is 1.36 bits per heavy atom. The van der Waals surface area contributed by atoms with Crippen molar-refractivity contribution < 1.29 is 19.5 Å². The third-order valence-electron chi connectivity index (χ3n) is 4.52. The summed E-state index contributed by atoms with van der Waals surface area (Å²) in [6.45, 7) is 2.33. The van der Waals surface area contributed by atoms with Crippen molar-refractivity contribution in [3.05, 3.63) is 26.0 Å². The number of amides is 1. The molecule has 1 amide bonds. The Bertz CT molecular complexity index is 734. The fourth-order valence-electron chi connectivity index (χ4n) is 3.21. The van der Waals surface area contributed by atoms with E-state index in [0.717, 1.165) is 12.7 Å². The average molecular weight is 350 g/mol. The third kappa shape index (κ3) is 3.94. The molecule has 0 aromatic heterocycles. The van der Waals surface area contributed by atoms with Crippen LogP contribution in [0.3, 0.4) is 0 Å². The molecule has 1 fully saturated rings. The van der Waals surface area contributed by atoms with Crippen molar-refractivity contribution in [2.24, 2.45) is 0 Å². The predicted octanol–water partition coefficient (Wildman–Crippen LogP) is -0.248. The van der Waals surface area contributed by atoms with Crippen molar-refractivity contribution in [3.63, 3.8) is 0 Å². The molecule has 25 heavy (non-hydrogen) atoms. The molecule has 2 N–H and O–H groups in total. The van der Waals surface area contributed by atoms with Crippen LogP contribution < -0.4 is 21.1 Å². The van der Waals surface area contributed by atoms with Crippen LogP contribution in [0.2, 0.25) is 0 Å². The van der Waals surface area contributed by atoms with Gasteiger partial charge in [-0.25, -0.2) is 4.79 Å². The zero-order valence-electron chi connectivity index (χ0n) is 14.1. The van der Waals surface area contributed by atoms with Crippen LogP contribution in [0.1, 0.15) is 44.6 Å². The highest BCUT2D eigenvalue weighted by atomic mass is 16.4. The summed E-state index contributed by atoms with van der Waals surface area (Å²) in [4.78, 5) is 59.4. The molecule has 0 radical (unpaired) electrons. The molecular weight excluding hydrogens is 328 g/mol. The zero-order chi connectivity index (χ0) is 18.6. The van der Waals surface area contributed by atoms with Gasteiger partial charge in [0.05, 0.1) is 11.7 Å². The first kappa shape index (κ1) is 18.8. The third-order valence-corrected chi connectivity index (χ3v) is 4.52. The van der Waals surface area contributed by atoms with E-state index in [1.54, 1.807) is 4.90 Å². The van der Waals surface area contributed by atoms with Crippen molar-refractivity contribution in [3.8, 4) is 0 Å². The van der Waals surface area contributed by atoms with E-state index in [-0.39, 0.29) is 36.4 Å². The largest absolute Gasteiger partial charge is 0.480 e. The monoisotopic (exact) mass is 350 g/mol. The molecule has 0 aliphatic carbocycles. The highest BCUT2D eigenvalue weighted by Crippen LogP contribution is 2.25. The summed E-state index contributed by atoms with van der Waals surface area (Å²) in [5.74, 6) is -1.54. The molecule has 136 valence electrons. The van der Waals surface area contributed by atoms with E-state index in [1.807, 2.05) is 6.92 Å². The van der Waals surface area contributed by atoms with E-state index in [4.69, 9.17) is 0 Å². The minimum atomic E-state index is -1.18. The number of carboxylic acid groups (broad SMARTS) is 1. The molecule has 8 nitrogen and oxygen atoms in total. The van der Waals surface area contributed by atoms with Crippen LogP contribution in [0.4, 0.5) is 5.69 Å². The Kier molecular flexibility index (Phi) is 6.06. The van der Waals surface area contributed by atoms with E-state index in [2.05, 4.69) is 5.32 Å². The number of nitrogens with zero attached hydrogens (tertiary/aromatic N) is 1. The average Bonchev–Trinajstić information content (AvgIpc) is 3.04. The van der Waals surface area contributed by atoms with E-state index >= 15 is 0 Å². The van der Waals surface area contributed by atoms with Gasteiger partial charge in [0, 0.05) is 18.5 Å². The van der Waals surface area contributed by atoms with Gasteiger partial charge in [0.25, 0.3) is 0 Å². The molecule has 1 heterocycles. The van der Waals surface area contributed by atoms with Crippen LogP contribution in [0.15, 0.2) is 9.59 Å². The van der Waals surface area contributed by atoms with Gasteiger partial charge in [-0.05, 0) is 32.1 Å². The number of anilines is 1. The first-order chi connectivity index (χ1) is 11.9. The minimum Gasteiger partial charge on any atom is -0.480 e. The van der Waals surface area contributed by atoms with Crippen LogP contribution in [0.5, 0.6) is 0 Å². The highest BCUT2D eigenvalue weighted by Gasteiger charge is 2.33. The summed E-state index contributed by atoms with van der Waals surface area (Å²) in [7, 11) is 0. The SMILES string of the molecule is CCCC(=O)N[C@H](CCc1c(N2CCC[C@H]2C=O)c(=O)c1=O)C(=O)O. The van der Waals surface area contributed by atoms with Crippen LogP contribution in [0.25, 0.3) is 0 Å². The number of rotatable bonds is 9. The van der Waals surface area contributed by atoms with Gasteiger partial charge < -0.3 is 20.1 Å². The number of carboxylic acids is 1. The van der Waals surface area contributed by atoms with Gasteiger partial charge in [-0.2, -0.15) is 0 Å². The Morgan fingerprint density at radius 2 is 2.08 bits per heavy atom. The standard InChI is InChI=1S/C17H22N2O6/c1-2-4-13(21)18-12(17(24)25)7-6-11-14(16(23)15(11)22)19-8-3-5-10(19)9-20/h9-10,12H,2-8H2,1H3,(H,18,21)(H,24,25)/t10-,12+/m0/s1. The summed E-state index contributed by atoms with van der Waals surface area (Å²) in [5.41, 5.74) is -0.750. The number of aliphatic carboxylic acids is 1. The highest BCUT2D eigenvalue weighted by molar-refractivity contribution is 5.83. The van der Waals surface area contributed by atoms with Crippen LogP contribution in [0, 0.1) is 0 Å². The van der Waals surface area contributed by atoms with Crippen LogP contribution in [-0.4, -0.2) is 41.9 Å². The van der Waals surface area contributed by atoms with E-state index in [9.17, 15) is 29.1 Å². The lowest BCUT2D eigenvalue weighted by molar-refractivity contribution is -0.142. The Balaban J connectivity index is 2.10. The molecule has 1 saturated heterocycles. The predicted molar refractivity (Wildman–Crippen MR) is 90.6 cm³/mol. The summed E-state index contributed by atoms with van der Waals surface area (Å²) in [6, 6.07) is -1.53. The van der Waals surface area contributed by atoms with E-state index in [1.165, 1.54) is 0 Å². The lowest BCUT2D eigenvalue weighted by Gasteiger charge is -2.26. The Labute approximate surface area is 144 Å². The van der Waals surface area contributed by atoms with E-state index < -0.39 is 28.9 Å². The molecule has 0 bridgehead atoms. The van der Waals surface area contributed by atoms with Crippen molar-refractivity contribution >= 4 is 23.9 Å². The van der Waals surface area contributed by atoms with Gasteiger partial charge >= 0.3 is 5.97 Å². The number of aldehydes is 1. The van der Waals surface area contributed by atoms with Crippen molar-refractivity contribution in [2.75, 3.05) is 11.4 Å². The molecule has 2 rings (SSSR count). The molecule has 0 spiro atoms. The Morgan fingerprint density at radius 3 is 2.68 bits per heavy atom. The molecule has 1 aromatic rings. The molecule has 1 aliphatic rings. The molecule has 2 atom stereocenters. The van der Waals surface area contributed by atoms with Crippen molar-refractivity contribution in [1.82, 2.24) is 5.32 Å². The smallest absolute Gasteiger partial charge is 0.326 e. The second-order valence-corrected chi connectivity index (χ2v) is 6.27. The summed E-state index contributed by atoms with van der Waals surface area (Å²) < 4.78 is 0. The van der Waals surface area contributed by atoms with Gasteiger partial charge in [0.2, 0.25) is 16.8 Å². The maximum absolute atomic E-state index is 11.9. The first-order valence-corrected chi connectivity index (χ1v) is 8.47. The molecule has 8 heteroatoms.